The van der Waals surface area contributed by atoms with Crippen molar-refractivity contribution in [2.75, 3.05) is 5.75 Å². The third-order valence-corrected chi connectivity index (χ3v) is 8.84. The summed E-state index contributed by atoms with van der Waals surface area (Å²) in [4.78, 5) is 50.0. The highest BCUT2D eigenvalue weighted by Gasteiger charge is 2.58. The Morgan fingerprint density at radius 1 is 1.18 bits per heavy atom. The molecule has 1 fully saturated rings. The van der Waals surface area contributed by atoms with Gasteiger partial charge in [0.05, 0.1) is 21.2 Å². The number of non-ortho nitro benzene ring substituents is 1. The first kappa shape index (κ1) is 27.7. The van der Waals surface area contributed by atoms with Crippen LogP contribution in [0.2, 0.25) is 0 Å². The zero-order valence-electron chi connectivity index (χ0n) is 20.6. The highest BCUT2D eigenvalue weighted by molar-refractivity contribution is 8.22. The molecule has 2 amide bonds. The zero-order chi connectivity index (χ0) is 27.2. The van der Waals surface area contributed by atoms with Gasteiger partial charge >= 0.3 is 5.97 Å². The van der Waals surface area contributed by atoms with E-state index in [2.05, 4.69) is 5.32 Å². The number of nitro groups is 1. The molecule has 10 nitrogen and oxygen atoms in total. The molecular formula is C26H27N3O7S2. The monoisotopic (exact) mass is 557 g/mol. The summed E-state index contributed by atoms with van der Waals surface area (Å²) in [7, 11) is 0. The summed E-state index contributed by atoms with van der Waals surface area (Å²) < 4.78 is 6.02. The predicted octanol–water partition coefficient (Wildman–Crippen LogP) is 3.55. The third-order valence-electron chi connectivity index (χ3n) is 6.18. The van der Waals surface area contributed by atoms with Crippen LogP contribution in [-0.2, 0) is 32.3 Å². The number of aliphatic hydroxyl groups excluding tert-OH is 1. The number of thioether (sulfide) groups is 2. The Kier molecular flexibility index (Phi) is 9.08. The quantitative estimate of drug-likeness (QED) is 0.174. The zero-order valence-corrected chi connectivity index (χ0v) is 22.2. The van der Waals surface area contributed by atoms with E-state index in [1.54, 1.807) is 6.92 Å². The van der Waals surface area contributed by atoms with Crippen molar-refractivity contribution in [1.82, 2.24) is 10.2 Å². The molecule has 0 bridgehead atoms. The molecule has 200 valence electrons. The van der Waals surface area contributed by atoms with Gasteiger partial charge < -0.3 is 15.2 Å². The average molecular weight is 558 g/mol. The third kappa shape index (κ3) is 6.20. The molecule has 38 heavy (non-hydrogen) atoms. The molecule has 2 aromatic carbocycles. The van der Waals surface area contributed by atoms with Gasteiger partial charge in [0.15, 0.2) is 5.70 Å². The van der Waals surface area contributed by atoms with Crippen LogP contribution < -0.4 is 5.32 Å². The SMILES string of the molecule is CC[C@H](O)[C@@H]1C(=O)N2C(C(=O)OCc3ccc([N+](=O)[O-])cc3)=C(SCCC(=O)NCc3ccccc3)S[C@H]12. The summed E-state index contributed by atoms with van der Waals surface area (Å²) in [5.41, 5.74) is 1.59. The standard InChI is InChI=1S/C26H27N3O7S2/c1-2-19(30)21-23(32)28-22(25(33)36-15-17-8-10-18(11-9-17)29(34)35)26(38-24(21)28)37-13-12-20(31)27-14-16-6-4-3-5-7-16/h3-11,19,21,24,30H,2,12-15H2,1H3,(H,27,31)/t19-,21+,24+/m0/s1. The van der Waals surface area contributed by atoms with Crippen molar-refractivity contribution >= 4 is 47.0 Å². The fraction of sp³-hybridized carbons (Fsp3) is 0.346. The van der Waals surface area contributed by atoms with Crippen molar-refractivity contribution < 1.29 is 29.2 Å². The number of nitro benzene ring substituents is 1. The summed E-state index contributed by atoms with van der Waals surface area (Å²) in [6, 6.07) is 15.2. The molecule has 2 aliphatic rings. The molecule has 0 saturated carbocycles. The van der Waals surface area contributed by atoms with Crippen molar-refractivity contribution in [3.63, 3.8) is 0 Å². The molecule has 3 atom stereocenters. The summed E-state index contributed by atoms with van der Waals surface area (Å²) in [5, 5.41) is 23.6. The Labute approximate surface area is 227 Å². The number of β-lactam (4-membered cyclic amide) rings is 1. The average Bonchev–Trinajstić information content (AvgIpc) is 3.25. The molecule has 0 radical (unpaired) electrons. The van der Waals surface area contributed by atoms with E-state index in [-0.39, 0.29) is 36.2 Å². The molecule has 0 unspecified atom stereocenters. The fourth-order valence-electron chi connectivity index (χ4n) is 4.06. The molecule has 12 heteroatoms. The Bertz CT molecular complexity index is 1240. The second kappa shape index (κ2) is 12.5. The number of nitrogens with one attached hydrogen (secondary N) is 1. The van der Waals surface area contributed by atoms with E-state index in [4.69, 9.17) is 4.74 Å². The van der Waals surface area contributed by atoms with Gasteiger partial charge in [-0.1, -0.05) is 49.0 Å². The Balaban J connectivity index is 1.39. The molecule has 0 spiro atoms. The van der Waals surface area contributed by atoms with Gasteiger partial charge in [-0.05, 0) is 29.7 Å². The Morgan fingerprint density at radius 2 is 1.89 bits per heavy atom. The van der Waals surface area contributed by atoms with E-state index in [0.29, 0.717) is 28.5 Å². The summed E-state index contributed by atoms with van der Waals surface area (Å²) in [6.45, 7) is 2.08. The molecule has 2 aromatic rings. The van der Waals surface area contributed by atoms with Crippen molar-refractivity contribution in [3.05, 3.63) is 85.8 Å². The van der Waals surface area contributed by atoms with Gasteiger partial charge in [-0.15, -0.1) is 11.8 Å². The number of esters is 1. The van der Waals surface area contributed by atoms with Crippen LogP contribution in [0.25, 0.3) is 0 Å². The first-order chi connectivity index (χ1) is 18.3. The number of rotatable bonds is 12. The molecular weight excluding hydrogens is 530 g/mol. The summed E-state index contributed by atoms with van der Waals surface area (Å²) >= 11 is 2.62. The van der Waals surface area contributed by atoms with Crippen LogP contribution in [0.5, 0.6) is 0 Å². The number of hydrogen-bond donors (Lipinski definition) is 2. The highest BCUT2D eigenvalue weighted by atomic mass is 32.2. The Morgan fingerprint density at radius 3 is 2.55 bits per heavy atom. The summed E-state index contributed by atoms with van der Waals surface area (Å²) in [5.74, 6) is -1.40. The predicted molar refractivity (Wildman–Crippen MR) is 143 cm³/mol. The lowest BCUT2D eigenvalue weighted by atomic mass is 9.90. The van der Waals surface area contributed by atoms with Gasteiger partial charge in [0.25, 0.3) is 5.69 Å². The van der Waals surface area contributed by atoms with Crippen LogP contribution in [0.4, 0.5) is 5.69 Å². The molecule has 0 aromatic heterocycles. The van der Waals surface area contributed by atoms with Crippen molar-refractivity contribution in [1.29, 1.82) is 0 Å². The van der Waals surface area contributed by atoms with E-state index in [0.717, 1.165) is 5.56 Å². The number of hydrogen-bond acceptors (Lipinski definition) is 9. The van der Waals surface area contributed by atoms with Crippen LogP contribution in [0, 0.1) is 16.0 Å². The van der Waals surface area contributed by atoms with Gasteiger partial charge in [-0.2, -0.15) is 0 Å². The van der Waals surface area contributed by atoms with Crippen molar-refractivity contribution in [2.45, 2.75) is 44.4 Å². The fourth-order valence-corrected chi connectivity index (χ4v) is 6.94. The molecule has 2 aliphatic heterocycles. The minimum Gasteiger partial charge on any atom is -0.456 e. The number of carbonyl (C=O) groups is 3. The van der Waals surface area contributed by atoms with Crippen LogP contribution in [0.15, 0.2) is 64.5 Å². The van der Waals surface area contributed by atoms with Gasteiger partial charge in [-0.25, -0.2) is 4.79 Å². The van der Waals surface area contributed by atoms with Crippen molar-refractivity contribution in [2.24, 2.45) is 5.92 Å². The lowest BCUT2D eigenvalue weighted by Crippen LogP contribution is -2.61. The topological polar surface area (TPSA) is 139 Å². The number of carbonyl (C=O) groups excluding carboxylic acids is 3. The normalized spacial score (nSPS) is 19.0. The van der Waals surface area contributed by atoms with Gasteiger partial charge in [0.1, 0.15) is 12.0 Å². The van der Waals surface area contributed by atoms with Gasteiger partial charge in [0.2, 0.25) is 11.8 Å². The lowest BCUT2D eigenvalue weighted by Gasteiger charge is -2.44. The van der Waals surface area contributed by atoms with E-state index < -0.39 is 28.3 Å². The minimum atomic E-state index is -0.818. The second-order valence-corrected chi connectivity index (χ2v) is 11.2. The maximum atomic E-state index is 13.1. The van der Waals surface area contributed by atoms with Crippen LogP contribution >= 0.6 is 23.5 Å². The molecule has 2 heterocycles. The maximum Gasteiger partial charge on any atom is 0.357 e. The van der Waals surface area contributed by atoms with Gasteiger partial charge in [-0.3, -0.25) is 24.6 Å². The van der Waals surface area contributed by atoms with E-state index in [1.165, 1.54) is 52.7 Å². The Hall–Kier alpha value is -3.35. The number of benzene rings is 2. The number of ether oxygens (including phenoxy) is 1. The second-order valence-electron chi connectivity index (χ2n) is 8.71. The first-order valence-electron chi connectivity index (χ1n) is 12.1. The molecule has 1 saturated heterocycles. The van der Waals surface area contributed by atoms with Crippen LogP contribution in [-0.4, -0.2) is 49.9 Å². The highest BCUT2D eigenvalue weighted by Crippen LogP contribution is 2.54. The van der Waals surface area contributed by atoms with E-state index in [1.807, 2.05) is 30.3 Å². The van der Waals surface area contributed by atoms with Gasteiger partial charge in [0, 0.05) is 30.9 Å². The van der Waals surface area contributed by atoms with Crippen LogP contribution in [0.1, 0.15) is 30.9 Å². The smallest absolute Gasteiger partial charge is 0.357 e. The lowest BCUT2D eigenvalue weighted by molar-refractivity contribution is -0.384. The largest absolute Gasteiger partial charge is 0.456 e. The first-order valence-corrected chi connectivity index (χ1v) is 13.9. The van der Waals surface area contributed by atoms with E-state index >= 15 is 0 Å². The number of amides is 2. The molecule has 2 N–H and O–H groups in total. The number of nitrogens with zero attached hydrogens (tertiary/aromatic N) is 2. The van der Waals surface area contributed by atoms with Crippen molar-refractivity contribution in [3.8, 4) is 0 Å². The number of aliphatic hydroxyl groups is 1. The maximum absolute atomic E-state index is 13.1. The molecule has 0 aliphatic carbocycles. The molecule has 4 rings (SSSR count). The summed E-state index contributed by atoms with van der Waals surface area (Å²) in [6.07, 6.45) is -0.195. The minimum absolute atomic E-state index is 0.0731. The van der Waals surface area contributed by atoms with Crippen LogP contribution in [0.3, 0.4) is 0 Å². The van der Waals surface area contributed by atoms with E-state index in [9.17, 15) is 29.6 Å². The number of fused-ring (bicyclic) bond motifs is 1.